The maximum Gasteiger partial charge on any atom is 0.244 e. The van der Waals surface area contributed by atoms with Crippen molar-refractivity contribution in [3.8, 4) is 10.7 Å². The molecule has 0 aliphatic rings. The van der Waals surface area contributed by atoms with E-state index < -0.39 is 0 Å². The van der Waals surface area contributed by atoms with Crippen LogP contribution in [0.5, 0.6) is 0 Å². The Labute approximate surface area is 155 Å². The largest absolute Gasteiger partial charge is 0.325 e. The molecular weight excluding hydrogens is 352 g/mol. The molecule has 3 aromatic rings. The van der Waals surface area contributed by atoms with Gasteiger partial charge in [-0.3, -0.25) is 14.5 Å². The lowest BCUT2D eigenvalue weighted by Gasteiger charge is -2.11. The molecule has 0 aliphatic heterocycles. The van der Waals surface area contributed by atoms with Gasteiger partial charge in [0.1, 0.15) is 6.54 Å². The number of rotatable bonds is 6. The normalized spacial score (nSPS) is 12.1. The number of H-pyrrole nitrogens is 1. The Balaban J connectivity index is 1.71. The Morgan fingerprint density at radius 3 is 2.76 bits per heavy atom. The first kappa shape index (κ1) is 17.6. The summed E-state index contributed by atoms with van der Waals surface area (Å²) < 4.78 is 2.15. The molecule has 0 bridgehead atoms. The quantitative estimate of drug-likeness (QED) is 0.610. The smallest absolute Gasteiger partial charge is 0.244 e. The number of hydrogen-bond acceptors (Lipinski definition) is 4. The SMILES string of the molecule is CC[C@H](C)c1ccc(NC(=O)Cn2c(-c3cccs3)n[nH]c2=S)cc1. The second-order valence-corrected chi connectivity index (χ2v) is 7.23. The van der Waals surface area contributed by atoms with E-state index in [0.717, 1.165) is 17.0 Å². The number of hydrogen-bond donors (Lipinski definition) is 2. The van der Waals surface area contributed by atoms with Crippen molar-refractivity contribution in [3.05, 3.63) is 52.1 Å². The van der Waals surface area contributed by atoms with Crippen molar-refractivity contribution in [1.82, 2.24) is 14.8 Å². The summed E-state index contributed by atoms with van der Waals surface area (Å²) in [6.45, 7) is 4.48. The molecule has 2 heterocycles. The highest BCUT2D eigenvalue weighted by Crippen LogP contribution is 2.23. The van der Waals surface area contributed by atoms with Crippen LogP contribution >= 0.6 is 23.6 Å². The molecule has 1 atom stereocenters. The fourth-order valence-corrected chi connectivity index (χ4v) is 3.45. The highest BCUT2D eigenvalue weighted by atomic mass is 32.1. The molecule has 0 fully saturated rings. The second-order valence-electron chi connectivity index (χ2n) is 5.90. The zero-order chi connectivity index (χ0) is 17.8. The van der Waals surface area contributed by atoms with Crippen molar-refractivity contribution in [2.24, 2.45) is 0 Å². The molecule has 7 heteroatoms. The van der Waals surface area contributed by atoms with Gasteiger partial charge < -0.3 is 5.32 Å². The summed E-state index contributed by atoms with van der Waals surface area (Å²) in [6.07, 6.45) is 1.09. The minimum atomic E-state index is -0.133. The lowest BCUT2D eigenvalue weighted by atomic mass is 9.99. The molecule has 0 unspecified atom stereocenters. The van der Waals surface area contributed by atoms with E-state index in [1.165, 1.54) is 5.56 Å². The Hall–Kier alpha value is -2.25. The molecule has 25 heavy (non-hydrogen) atoms. The van der Waals surface area contributed by atoms with Crippen LogP contribution in [0.2, 0.25) is 0 Å². The van der Waals surface area contributed by atoms with Gasteiger partial charge in [-0.15, -0.1) is 11.3 Å². The highest BCUT2D eigenvalue weighted by Gasteiger charge is 2.13. The van der Waals surface area contributed by atoms with Crippen LogP contribution in [0.25, 0.3) is 10.7 Å². The molecule has 3 rings (SSSR count). The monoisotopic (exact) mass is 372 g/mol. The van der Waals surface area contributed by atoms with E-state index in [-0.39, 0.29) is 12.5 Å². The molecule has 0 radical (unpaired) electrons. The molecule has 0 saturated carbocycles. The number of nitrogens with one attached hydrogen (secondary N) is 2. The van der Waals surface area contributed by atoms with Crippen LogP contribution < -0.4 is 5.32 Å². The molecule has 5 nitrogen and oxygen atoms in total. The minimum Gasteiger partial charge on any atom is -0.325 e. The number of thiophene rings is 1. The molecule has 0 saturated heterocycles. The lowest BCUT2D eigenvalue weighted by molar-refractivity contribution is -0.116. The van der Waals surface area contributed by atoms with Gasteiger partial charge in [0.05, 0.1) is 4.88 Å². The van der Waals surface area contributed by atoms with Crippen molar-refractivity contribution in [3.63, 3.8) is 0 Å². The van der Waals surface area contributed by atoms with Crippen molar-refractivity contribution in [1.29, 1.82) is 0 Å². The lowest BCUT2D eigenvalue weighted by Crippen LogP contribution is -2.19. The highest BCUT2D eigenvalue weighted by molar-refractivity contribution is 7.71. The summed E-state index contributed by atoms with van der Waals surface area (Å²) in [4.78, 5) is 13.4. The number of aromatic amines is 1. The van der Waals surface area contributed by atoms with Crippen LogP contribution in [0.15, 0.2) is 41.8 Å². The number of aromatic nitrogens is 3. The fraction of sp³-hybridized carbons (Fsp3) is 0.278. The summed E-state index contributed by atoms with van der Waals surface area (Å²) in [7, 11) is 0. The minimum absolute atomic E-state index is 0.121. The van der Waals surface area contributed by atoms with E-state index in [9.17, 15) is 4.79 Å². The Morgan fingerprint density at radius 2 is 2.12 bits per heavy atom. The van der Waals surface area contributed by atoms with Crippen molar-refractivity contribution in [2.45, 2.75) is 32.7 Å². The van der Waals surface area contributed by atoms with Gasteiger partial charge in [-0.25, -0.2) is 0 Å². The van der Waals surface area contributed by atoms with Gasteiger partial charge in [-0.05, 0) is 53.7 Å². The van der Waals surface area contributed by atoms with Crippen LogP contribution in [-0.4, -0.2) is 20.7 Å². The number of nitrogens with zero attached hydrogens (tertiary/aromatic N) is 2. The number of carbonyl (C=O) groups is 1. The van der Waals surface area contributed by atoms with Gasteiger partial charge in [-0.1, -0.05) is 32.0 Å². The summed E-state index contributed by atoms with van der Waals surface area (Å²) in [5.74, 6) is 1.07. The summed E-state index contributed by atoms with van der Waals surface area (Å²) >= 11 is 6.82. The van der Waals surface area contributed by atoms with Crippen LogP contribution in [0.3, 0.4) is 0 Å². The number of anilines is 1. The fourth-order valence-electron chi connectivity index (χ4n) is 2.53. The van der Waals surface area contributed by atoms with E-state index >= 15 is 0 Å². The third-order valence-electron chi connectivity index (χ3n) is 4.18. The maximum atomic E-state index is 12.4. The molecule has 1 amide bonds. The first-order valence-electron chi connectivity index (χ1n) is 8.17. The Bertz CT molecular complexity index is 894. The molecule has 0 aliphatic carbocycles. The van der Waals surface area contributed by atoms with Gasteiger partial charge in [-0.2, -0.15) is 5.10 Å². The predicted molar refractivity (Wildman–Crippen MR) is 105 cm³/mol. The first-order valence-corrected chi connectivity index (χ1v) is 9.46. The van der Waals surface area contributed by atoms with E-state index in [2.05, 4.69) is 41.5 Å². The molecule has 2 N–H and O–H groups in total. The summed E-state index contributed by atoms with van der Waals surface area (Å²) in [6, 6.07) is 11.9. The first-order chi connectivity index (χ1) is 12.1. The molecule has 2 aromatic heterocycles. The number of benzene rings is 1. The average Bonchev–Trinajstić information content (AvgIpc) is 3.25. The third kappa shape index (κ3) is 4.05. The van der Waals surface area contributed by atoms with Gasteiger partial charge in [0.25, 0.3) is 0 Å². The Morgan fingerprint density at radius 1 is 1.36 bits per heavy atom. The molecule has 0 spiro atoms. The Kier molecular flexibility index (Phi) is 5.45. The van der Waals surface area contributed by atoms with E-state index in [1.807, 2.05) is 29.6 Å². The van der Waals surface area contributed by atoms with E-state index in [4.69, 9.17) is 12.2 Å². The number of carbonyl (C=O) groups excluding carboxylic acids is 1. The third-order valence-corrected chi connectivity index (χ3v) is 5.35. The van der Waals surface area contributed by atoms with Gasteiger partial charge in [0, 0.05) is 5.69 Å². The van der Waals surface area contributed by atoms with Gasteiger partial charge in [0.2, 0.25) is 5.91 Å². The zero-order valence-electron chi connectivity index (χ0n) is 14.2. The summed E-state index contributed by atoms with van der Waals surface area (Å²) in [5.41, 5.74) is 2.06. The average molecular weight is 373 g/mol. The van der Waals surface area contributed by atoms with Gasteiger partial charge >= 0.3 is 0 Å². The maximum absolute atomic E-state index is 12.4. The summed E-state index contributed by atoms with van der Waals surface area (Å²) in [5, 5.41) is 11.9. The zero-order valence-corrected chi connectivity index (χ0v) is 15.8. The second kappa shape index (κ2) is 7.76. The standard InChI is InChI=1S/C18H20N4OS2/c1-3-12(2)13-6-8-14(9-7-13)19-16(23)11-22-17(20-21-18(22)24)15-5-4-10-25-15/h4-10,12H,3,11H2,1-2H3,(H,19,23)(H,21,24)/t12-/m0/s1. The molecule has 130 valence electrons. The van der Waals surface area contributed by atoms with Gasteiger partial charge in [0.15, 0.2) is 10.6 Å². The van der Waals surface area contributed by atoms with E-state index in [0.29, 0.717) is 16.5 Å². The molecule has 1 aromatic carbocycles. The van der Waals surface area contributed by atoms with Crippen molar-refractivity contribution < 1.29 is 4.79 Å². The van der Waals surface area contributed by atoms with Crippen LogP contribution in [0.1, 0.15) is 31.7 Å². The topological polar surface area (TPSA) is 62.7 Å². The number of amides is 1. The van der Waals surface area contributed by atoms with Crippen LogP contribution in [0.4, 0.5) is 5.69 Å². The van der Waals surface area contributed by atoms with Crippen molar-refractivity contribution >= 4 is 35.1 Å². The predicted octanol–water partition coefficient (Wildman–Crippen LogP) is 4.82. The van der Waals surface area contributed by atoms with Crippen LogP contribution in [-0.2, 0) is 11.3 Å². The van der Waals surface area contributed by atoms with E-state index in [1.54, 1.807) is 15.9 Å². The molecular formula is C18H20N4OS2. The van der Waals surface area contributed by atoms with Crippen molar-refractivity contribution in [2.75, 3.05) is 5.32 Å². The van der Waals surface area contributed by atoms with Crippen LogP contribution in [0, 0.1) is 4.77 Å².